The van der Waals surface area contributed by atoms with Gasteiger partial charge in [0.05, 0.1) is 12.6 Å². The van der Waals surface area contributed by atoms with Crippen molar-refractivity contribution in [2.75, 3.05) is 13.7 Å². The monoisotopic (exact) mass is 258 g/mol. The Balaban J connectivity index is 1.79. The van der Waals surface area contributed by atoms with Crippen LogP contribution in [0.15, 0.2) is 30.6 Å². The summed E-state index contributed by atoms with van der Waals surface area (Å²) in [4.78, 5) is 0. The first-order valence-electron chi connectivity index (χ1n) is 6.55. The van der Waals surface area contributed by atoms with Gasteiger partial charge in [-0.2, -0.15) is 0 Å². The average Bonchev–Trinajstić information content (AvgIpc) is 2.93. The zero-order valence-electron chi connectivity index (χ0n) is 11.0. The molecular weight excluding hydrogens is 240 g/mol. The average molecular weight is 258 g/mol. The second kappa shape index (κ2) is 5.50. The van der Waals surface area contributed by atoms with Crippen LogP contribution in [0.3, 0.4) is 0 Å². The van der Waals surface area contributed by atoms with Gasteiger partial charge in [0.2, 0.25) is 0 Å². The summed E-state index contributed by atoms with van der Waals surface area (Å²) in [5, 5.41) is 11.8. The molecule has 1 unspecified atom stereocenters. The molecule has 2 aromatic rings. The molecule has 0 bridgehead atoms. The maximum atomic E-state index is 5.12. The van der Waals surface area contributed by atoms with E-state index < -0.39 is 0 Å². The Bertz CT molecular complexity index is 552. The molecule has 1 aliphatic rings. The van der Waals surface area contributed by atoms with Gasteiger partial charge < -0.3 is 14.6 Å². The van der Waals surface area contributed by atoms with Crippen molar-refractivity contribution in [3.05, 3.63) is 47.5 Å². The largest absolute Gasteiger partial charge is 0.383 e. The first-order valence-corrected chi connectivity index (χ1v) is 6.55. The molecule has 5 heteroatoms. The highest BCUT2D eigenvalue weighted by Gasteiger charge is 2.23. The predicted octanol–water partition coefficient (Wildman–Crippen LogP) is 1.31. The first-order chi connectivity index (χ1) is 9.38. The summed E-state index contributed by atoms with van der Waals surface area (Å²) in [5.74, 6) is 0.992. The zero-order chi connectivity index (χ0) is 13.1. The van der Waals surface area contributed by atoms with Crippen LogP contribution in [-0.4, -0.2) is 28.5 Å². The number of nitrogens with zero attached hydrogens (tertiary/aromatic N) is 3. The highest BCUT2D eigenvalue weighted by Crippen LogP contribution is 2.24. The molecule has 0 spiro atoms. The van der Waals surface area contributed by atoms with Gasteiger partial charge in [0.15, 0.2) is 0 Å². The maximum absolute atomic E-state index is 5.12. The van der Waals surface area contributed by atoms with E-state index in [9.17, 15) is 0 Å². The number of fused-ring (bicyclic) bond motifs is 1. The van der Waals surface area contributed by atoms with Gasteiger partial charge in [-0.25, -0.2) is 0 Å². The Labute approximate surface area is 112 Å². The van der Waals surface area contributed by atoms with Gasteiger partial charge in [0, 0.05) is 20.2 Å². The Morgan fingerprint density at radius 1 is 1.37 bits per heavy atom. The van der Waals surface area contributed by atoms with Crippen LogP contribution in [0.4, 0.5) is 0 Å². The van der Waals surface area contributed by atoms with Crippen molar-refractivity contribution in [2.24, 2.45) is 0 Å². The van der Waals surface area contributed by atoms with Crippen LogP contribution in [0, 0.1) is 0 Å². The molecule has 100 valence electrons. The van der Waals surface area contributed by atoms with Crippen molar-refractivity contribution < 1.29 is 4.74 Å². The molecule has 5 nitrogen and oxygen atoms in total. The third-order valence-electron chi connectivity index (χ3n) is 3.57. The van der Waals surface area contributed by atoms with Gasteiger partial charge in [0.25, 0.3) is 0 Å². The maximum Gasteiger partial charge on any atom is 0.150 e. The molecule has 0 aliphatic carbocycles. The van der Waals surface area contributed by atoms with E-state index in [1.165, 1.54) is 11.1 Å². The van der Waals surface area contributed by atoms with Gasteiger partial charge in [-0.1, -0.05) is 24.3 Å². The second-order valence-corrected chi connectivity index (χ2v) is 4.78. The number of benzene rings is 1. The van der Waals surface area contributed by atoms with Crippen LogP contribution in [-0.2, 0) is 24.2 Å². The van der Waals surface area contributed by atoms with Crippen LogP contribution in [0.1, 0.15) is 23.0 Å². The minimum Gasteiger partial charge on any atom is -0.383 e. The van der Waals surface area contributed by atoms with Crippen LogP contribution < -0.4 is 5.32 Å². The van der Waals surface area contributed by atoms with Crippen LogP contribution in [0.5, 0.6) is 0 Å². The minimum atomic E-state index is 0.231. The van der Waals surface area contributed by atoms with Crippen molar-refractivity contribution in [1.29, 1.82) is 0 Å². The number of ether oxygens (including phenoxy) is 1. The molecule has 1 atom stereocenters. The molecule has 1 aliphatic heterocycles. The summed E-state index contributed by atoms with van der Waals surface area (Å²) < 4.78 is 7.18. The lowest BCUT2D eigenvalue weighted by molar-refractivity contribution is 0.185. The number of hydrogen-bond donors (Lipinski definition) is 1. The fraction of sp³-hybridized carbons (Fsp3) is 0.429. The molecule has 0 fully saturated rings. The Morgan fingerprint density at radius 3 is 3.05 bits per heavy atom. The number of hydrogen-bond acceptors (Lipinski definition) is 4. The molecule has 0 amide bonds. The Morgan fingerprint density at radius 2 is 2.21 bits per heavy atom. The summed E-state index contributed by atoms with van der Waals surface area (Å²) in [6.45, 7) is 2.35. The molecule has 1 aromatic heterocycles. The molecule has 0 saturated heterocycles. The van der Waals surface area contributed by atoms with Crippen molar-refractivity contribution >= 4 is 0 Å². The van der Waals surface area contributed by atoms with E-state index >= 15 is 0 Å². The molecule has 2 heterocycles. The zero-order valence-corrected chi connectivity index (χ0v) is 11.0. The SMILES string of the molecule is COCCn1cnnc1C1Cc2ccccc2CN1. The van der Waals surface area contributed by atoms with E-state index in [1.54, 1.807) is 13.4 Å². The lowest BCUT2D eigenvalue weighted by Gasteiger charge is -2.25. The number of methoxy groups -OCH3 is 1. The molecular formula is C14H18N4O. The van der Waals surface area contributed by atoms with Gasteiger partial charge in [0.1, 0.15) is 12.2 Å². The van der Waals surface area contributed by atoms with Gasteiger partial charge in [-0.15, -0.1) is 10.2 Å². The summed E-state index contributed by atoms with van der Waals surface area (Å²) in [6.07, 6.45) is 2.73. The predicted molar refractivity (Wildman–Crippen MR) is 71.6 cm³/mol. The van der Waals surface area contributed by atoms with Crippen molar-refractivity contribution in [3.63, 3.8) is 0 Å². The van der Waals surface area contributed by atoms with Crippen molar-refractivity contribution in [3.8, 4) is 0 Å². The summed E-state index contributed by atoms with van der Waals surface area (Å²) in [5.41, 5.74) is 2.77. The van der Waals surface area contributed by atoms with Crippen LogP contribution in [0.2, 0.25) is 0 Å². The minimum absolute atomic E-state index is 0.231. The molecule has 1 N–H and O–H groups in total. The molecule has 3 rings (SSSR count). The molecule has 19 heavy (non-hydrogen) atoms. The van der Waals surface area contributed by atoms with E-state index in [0.29, 0.717) is 6.61 Å². The van der Waals surface area contributed by atoms with Crippen LogP contribution in [0.25, 0.3) is 0 Å². The van der Waals surface area contributed by atoms with Gasteiger partial charge in [-0.05, 0) is 17.5 Å². The highest BCUT2D eigenvalue weighted by molar-refractivity contribution is 5.30. The van der Waals surface area contributed by atoms with Gasteiger partial charge in [-0.3, -0.25) is 0 Å². The Kier molecular flexibility index (Phi) is 3.57. The number of rotatable bonds is 4. The van der Waals surface area contributed by atoms with Crippen LogP contribution >= 0.6 is 0 Å². The second-order valence-electron chi connectivity index (χ2n) is 4.78. The summed E-state index contributed by atoms with van der Waals surface area (Å²) in [7, 11) is 1.71. The molecule has 1 aromatic carbocycles. The van der Waals surface area contributed by atoms with Gasteiger partial charge >= 0.3 is 0 Å². The van der Waals surface area contributed by atoms with E-state index in [2.05, 4.69) is 44.3 Å². The Hall–Kier alpha value is -1.72. The summed E-state index contributed by atoms with van der Waals surface area (Å²) in [6, 6.07) is 8.78. The molecule has 0 radical (unpaired) electrons. The highest BCUT2D eigenvalue weighted by atomic mass is 16.5. The smallest absolute Gasteiger partial charge is 0.150 e. The first kappa shape index (κ1) is 12.3. The lowest BCUT2D eigenvalue weighted by atomic mass is 9.95. The standard InChI is InChI=1S/C14H18N4O/c1-19-7-6-18-10-16-17-14(18)13-8-11-4-2-3-5-12(11)9-15-13/h2-5,10,13,15H,6-9H2,1H3. The third-order valence-corrected chi connectivity index (χ3v) is 3.57. The topological polar surface area (TPSA) is 52.0 Å². The van der Waals surface area contributed by atoms with E-state index in [-0.39, 0.29) is 6.04 Å². The van der Waals surface area contributed by atoms with E-state index in [4.69, 9.17) is 4.74 Å². The number of nitrogens with one attached hydrogen (secondary N) is 1. The fourth-order valence-corrected chi connectivity index (χ4v) is 2.53. The fourth-order valence-electron chi connectivity index (χ4n) is 2.53. The quantitative estimate of drug-likeness (QED) is 0.898. The van der Waals surface area contributed by atoms with Crippen molar-refractivity contribution in [1.82, 2.24) is 20.1 Å². The number of aromatic nitrogens is 3. The van der Waals surface area contributed by atoms with E-state index in [1.807, 2.05) is 0 Å². The summed E-state index contributed by atoms with van der Waals surface area (Å²) >= 11 is 0. The molecule has 0 saturated carbocycles. The normalized spacial score (nSPS) is 18.3. The van der Waals surface area contributed by atoms with E-state index in [0.717, 1.165) is 25.3 Å². The third kappa shape index (κ3) is 2.52. The van der Waals surface area contributed by atoms with Crippen molar-refractivity contribution in [2.45, 2.75) is 25.6 Å². The lowest BCUT2D eigenvalue weighted by Crippen LogP contribution is -2.31.